The number of hydrogen-bond acceptors (Lipinski definition) is 0. The number of benzene rings is 2. The second-order valence-corrected chi connectivity index (χ2v) is 16.5. The Balaban J connectivity index is 0.955. The molecule has 0 spiro atoms. The summed E-state index contributed by atoms with van der Waals surface area (Å²) in [6, 6.07) is 18.6. The summed E-state index contributed by atoms with van der Waals surface area (Å²) in [4.78, 5) is 0. The third kappa shape index (κ3) is 5.57. The molecule has 0 fully saturated rings. The van der Waals surface area contributed by atoms with Crippen LogP contribution in [0, 0.1) is 47.3 Å². The zero-order valence-electron chi connectivity index (χ0n) is 31.7. The molecular formula is C56H46. The topological polar surface area (TPSA) is 0 Å². The zero-order chi connectivity index (χ0) is 37.0. The molecule has 0 amide bonds. The highest BCUT2D eigenvalue weighted by atomic mass is 14.4. The van der Waals surface area contributed by atoms with E-state index in [0.717, 1.165) is 12.8 Å². The minimum Gasteiger partial charge on any atom is -0.0839 e. The highest BCUT2D eigenvalue weighted by Crippen LogP contribution is 2.50. The standard InChI is InChI=1S/C56H46/c1-3-17-42-38(14-1)16-13-27-47(42)49-35-34-39(43-18-5-6-20-45(43)49)31-28-37-29-32-40(33-30-37)55-50-23-9-11-25-52(50)56(53-26-12-10-24-51(53)55)54-36-41-15-2-4-19-44(41)46-21-7-8-22-48(46)54/h1,3-14,16-36,38,42-43,45-46,48,50,52H,2,15H2. The summed E-state index contributed by atoms with van der Waals surface area (Å²) in [6.45, 7) is 0. The highest BCUT2D eigenvalue weighted by Gasteiger charge is 2.39. The summed E-state index contributed by atoms with van der Waals surface area (Å²) in [7, 11) is 0. The Labute approximate surface area is 331 Å². The van der Waals surface area contributed by atoms with Gasteiger partial charge in [0.15, 0.2) is 0 Å². The first kappa shape index (κ1) is 33.4. The SMILES string of the molecule is C1=CC2C=CC=C(C3=CC=C(C=Cc4ccc(C5=c6ccccc6=C(C6=CC7=C(C=CCC7)C7C=CC=CC67)C6C=CC=CC56)cc4)C4C=CC=CC34)C2C=C1. The fourth-order valence-electron chi connectivity index (χ4n) is 10.9. The van der Waals surface area contributed by atoms with Gasteiger partial charge >= 0.3 is 0 Å². The molecule has 2 aromatic carbocycles. The summed E-state index contributed by atoms with van der Waals surface area (Å²) in [5.74, 6) is 2.86. The average Bonchev–Trinajstić information content (AvgIpc) is 3.27. The Morgan fingerprint density at radius 3 is 1.86 bits per heavy atom. The van der Waals surface area contributed by atoms with Gasteiger partial charge in [-0.25, -0.2) is 0 Å². The van der Waals surface area contributed by atoms with E-state index < -0.39 is 0 Å². The summed E-state index contributed by atoms with van der Waals surface area (Å²) in [5.41, 5.74) is 14.3. The van der Waals surface area contributed by atoms with Crippen LogP contribution in [0.5, 0.6) is 0 Å². The second-order valence-electron chi connectivity index (χ2n) is 16.5. The quantitative estimate of drug-likeness (QED) is 0.289. The fourth-order valence-corrected chi connectivity index (χ4v) is 10.9. The van der Waals surface area contributed by atoms with Crippen LogP contribution in [0.25, 0.3) is 17.2 Å². The largest absolute Gasteiger partial charge is 0.0839 e. The van der Waals surface area contributed by atoms with Crippen LogP contribution in [0.2, 0.25) is 0 Å². The van der Waals surface area contributed by atoms with Crippen LogP contribution < -0.4 is 10.4 Å². The molecular weight excluding hydrogens is 673 g/mol. The van der Waals surface area contributed by atoms with Crippen molar-refractivity contribution in [2.24, 2.45) is 47.3 Å². The molecule has 8 atom stereocenters. The lowest BCUT2D eigenvalue weighted by Gasteiger charge is -2.40. The van der Waals surface area contributed by atoms with Crippen LogP contribution in [0.15, 0.2) is 234 Å². The van der Waals surface area contributed by atoms with Gasteiger partial charge in [0.1, 0.15) is 0 Å². The molecule has 0 radical (unpaired) electrons. The van der Waals surface area contributed by atoms with Gasteiger partial charge in [-0.05, 0) is 79.0 Å². The van der Waals surface area contributed by atoms with Crippen LogP contribution in [0.1, 0.15) is 24.0 Å². The van der Waals surface area contributed by atoms with Gasteiger partial charge in [-0.1, -0.05) is 207 Å². The van der Waals surface area contributed by atoms with Crippen molar-refractivity contribution in [3.8, 4) is 0 Å². The maximum atomic E-state index is 2.58. The van der Waals surface area contributed by atoms with E-state index in [2.05, 4.69) is 207 Å². The van der Waals surface area contributed by atoms with Gasteiger partial charge in [-0.2, -0.15) is 0 Å². The van der Waals surface area contributed by atoms with E-state index in [1.165, 1.54) is 66.1 Å². The summed E-state index contributed by atoms with van der Waals surface area (Å²) < 4.78 is 0. The first-order valence-electron chi connectivity index (χ1n) is 20.7. The molecule has 9 aliphatic carbocycles. The molecule has 0 saturated carbocycles. The van der Waals surface area contributed by atoms with Crippen molar-refractivity contribution < 1.29 is 0 Å². The summed E-state index contributed by atoms with van der Waals surface area (Å²) in [5, 5.41) is 2.76. The monoisotopic (exact) mass is 718 g/mol. The molecule has 11 rings (SSSR count). The highest BCUT2D eigenvalue weighted by molar-refractivity contribution is 5.82. The normalized spacial score (nSPS) is 31.3. The van der Waals surface area contributed by atoms with E-state index >= 15 is 0 Å². The molecule has 9 aliphatic rings. The predicted molar refractivity (Wildman–Crippen MR) is 235 cm³/mol. The molecule has 0 N–H and O–H groups in total. The Morgan fingerprint density at radius 1 is 0.464 bits per heavy atom. The van der Waals surface area contributed by atoms with Crippen molar-refractivity contribution in [1.82, 2.24) is 0 Å². The van der Waals surface area contributed by atoms with Gasteiger partial charge in [0, 0.05) is 47.3 Å². The van der Waals surface area contributed by atoms with Crippen molar-refractivity contribution in [3.63, 3.8) is 0 Å². The lowest BCUT2D eigenvalue weighted by Crippen LogP contribution is -2.41. The number of fused-ring (bicyclic) bond motifs is 6. The molecule has 270 valence electrons. The second kappa shape index (κ2) is 13.9. The van der Waals surface area contributed by atoms with E-state index in [9.17, 15) is 0 Å². The third-order valence-electron chi connectivity index (χ3n) is 13.6. The Morgan fingerprint density at radius 2 is 1.07 bits per heavy atom. The van der Waals surface area contributed by atoms with Crippen molar-refractivity contribution in [2.75, 3.05) is 0 Å². The molecule has 0 aliphatic heterocycles. The van der Waals surface area contributed by atoms with Crippen LogP contribution in [-0.4, -0.2) is 0 Å². The molecule has 0 bridgehead atoms. The van der Waals surface area contributed by atoms with Gasteiger partial charge in [0.2, 0.25) is 0 Å². The molecule has 0 heterocycles. The molecule has 0 nitrogen and oxygen atoms in total. The fraction of sp³-hybridized carbons (Fsp3) is 0.179. The molecule has 0 saturated heterocycles. The zero-order valence-corrected chi connectivity index (χ0v) is 31.7. The maximum absolute atomic E-state index is 2.58. The minimum atomic E-state index is 0.275. The average molecular weight is 719 g/mol. The number of rotatable bonds is 5. The Bertz CT molecular complexity index is 2650. The molecule has 56 heavy (non-hydrogen) atoms. The van der Waals surface area contributed by atoms with Gasteiger partial charge < -0.3 is 0 Å². The lowest BCUT2D eigenvalue weighted by atomic mass is 9.63. The first-order valence-corrected chi connectivity index (χ1v) is 20.7. The van der Waals surface area contributed by atoms with Crippen LogP contribution in [0.3, 0.4) is 0 Å². The van der Waals surface area contributed by atoms with Crippen LogP contribution in [0.4, 0.5) is 0 Å². The Hall–Kier alpha value is -5.98. The van der Waals surface area contributed by atoms with Gasteiger partial charge in [-0.15, -0.1) is 0 Å². The van der Waals surface area contributed by atoms with Crippen molar-refractivity contribution in [3.05, 3.63) is 255 Å². The van der Waals surface area contributed by atoms with E-state index in [1.54, 1.807) is 0 Å². The summed E-state index contributed by atoms with van der Waals surface area (Å²) in [6.07, 6.45) is 63.2. The van der Waals surface area contributed by atoms with Crippen molar-refractivity contribution in [2.45, 2.75) is 12.8 Å². The maximum Gasteiger partial charge on any atom is 0.0137 e. The lowest BCUT2D eigenvalue weighted by molar-refractivity contribution is 0.564. The van der Waals surface area contributed by atoms with Crippen molar-refractivity contribution >= 4 is 17.2 Å². The first-order chi connectivity index (χ1) is 27.8. The third-order valence-corrected chi connectivity index (χ3v) is 13.6. The minimum absolute atomic E-state index is 0.275. The predicted octanol–water partition coefficient (Wildman–Crippen LogP) is 11.4. The van der Waals surface area contributed by atoms with E-state index in [1.807, 2.05) is 0 Å². The van der Waals surface area contributed by atoms with E-state index in [4.69, 9.17) is 0 Å². The van der Waals surface area contributed by atoms with Gasteiger partial charge in [-0.3, -0.25) is 0 Å². The summed E-state index contributed by atoms with van der Waals surface area (Å²) >= 11 is 0. The van der Waals surface area contributed by atoms with Gasteiger partial charge in [0.05, 0.1) is 0 Å². The van der Waals surface area contributed by atoms with Crippen molar-refractivity contribution in [1.29, 1.82) is 0 Å². The molecule has 0 heteroatoms. The van der Waals surface area contributed by atoms with E-state index in [0.29, 0.717) is 35.5 Å². The van der Waals surface area contributed by atoms with Crippen LogP contribution in [-0.2, 0) is 0 Å². The van der Waals surface area contributed by atoms with E-state index in [-0.39, 0.29) is 11.8 Å². The number of allylic oxidation sites excluding steroid dienone is 31. The van der Waals surface area contributed by atoms with Crippen LogP contribution >= 0.6 is 0 Å². The smallest absolute Gasteiger partial charge is 0.0137 e. The Kier molecular flexibility index (Phi) is 8.31. The number of hydrogen-bond donors (Lipinski definition) is 0. The molecule has 0 aromatic heterocycles. The van der Waals surface area contributed by atoms with Gasteiger partial charge in [0.25, 0.3) is 0 Å². The molecule has 8 unspecified atom stereocenters. The molecule has 2 aromatic rings.